The van der Waals surface area contributed by atoms with Gasteiger partial charge in [-0.05, 0) is 49.7 Å². The summed E-state index contributed by atoms with van der Waals surface area (Å²) in [5, 5.41) is 0.355. The molecule has 0 saturated carbocycles. The molecule has 1 saturated heterocycles. The predicted octanol–water partition coefficient (Wildman–Crippen LogP) is 1.78. The third-order valence-electron chi connectivity index (χ3n) is 5.33. The molecule has 3 rings (SSSR count). The molecule has 0 radical (unpaired) electrons. The Balaban J connectivity index is 1.71. The minimum absolute atomic E-state index is 0.0873. The highest BCUT2D eigenvalue weighted by Crippen LogP contribution is 2.19. The summed E-state index contributed by atoms with van der Waals surface area (Å²) < 4.78 is 51.4. The second-order valence-electron chi connectivity index (χ2n) is 8.07. The van der Waals surface area contributed by atoms with Crippen LogP contribution in [0.3, 0.4) is 0 Å². The lowest BCUT2D eigenvalue weighted by molar-refractivity contribution is -0.134. The van der Waals surface area contributed by atoms with Crippen LogP contribution in [0.25, 0.3) is 0 Å². The quantitative estimate of drug-likeness (QED) is 0.538. The number of halogens is 1. The molecule has 2 heterocycles. The Kier molecular flexibility index (Phi) is 8.40. The Bertz CT molecular complexity index is 1250. The van der Waals surface area contributed by atoms with E-state index in [1.165, 1.54) is 40.5 Å². The number of aryl methyl sites for hydroxylation is 1. The Morgan fingerprint density at radius 3 is 2.12 bits per heavy atom. The van der Waals surface area contributed by atoms with Crippen molar-refractivity contribution in [3.8, 4) is 0 Å². The maximum Gasteiger partial charge on any atom is 0.264 e. The fourth-order valence-electron chi connectivity index (χ4n) is 3.49. The number of amides is 2. The molecular formula is C21H26ClN3O6S3. The van der Waals surface area contributed by atoms with E-state index >= 15 is 0 Å². The van der Waals surface area contributed by atoms with Crippen LogP contribution < -0.4 is 4.72 Å². The molecular weight excluding hydrogens is 522 g/mol. The summed E-state index contributed by atoms with van der Waals surface area (Å²) in [5.74, 6) is -0.995. The van der Waals surface area contributed by atoms with Gasteiger partial charge < -0.3 is 9.80 Å². The molecule has 1 aliphatic heterocycles. The normalized spacial score (nSPS) is 15.9. The highest BCUT2D eigenvalue weighted by molar-refractivity contribution is 7.90. The van der Waals surface area contributed by atoms with E-state index in [1.807, 2.05) is 13.0 Å². The van der Waals surface area contributed by atoms with Crippen molar-refractivity contribution >= 4 is 54.6 Å². The van der Waals surface area contributed by atoms with Crippen molar-refractivity contribution in [2.24, 2.45) is 0 Å². The van der Waals surface area contributed by atoms with Gasteiger partial charge >= 0.3 is 0 Å². The van der Waals surface area contributed by atoms with Crippen molar-refractivity contribution in [3.63, 3.8) is 0 Å². The molecule has 9 nitrogen and oxygen atoms in total. The summed E-state index contributed by atoms with van der Waals surface area (Å²) in [6, 6.07) is 7.81. The third-order valence-corrected chi connectivity index (χ3v) is 9.03. The molecule has 1 aliphatic rings. The van der Waals surface area contributed by atoms with Crippen LogP contribution in [0.1, 0.15) is 21.0 Å². The third kappa shape index (κ3) is 7.01. The monoisotopic (exact) mass is 547 g/mol. The molecule has 0 bridgehead atoms. The van der Waals surface area contributed by atoms with E-state index in [2.05, 4.69) is 4.72 Å². The summed E-state index contributed by atoms with van der Waals surface area (Å²) >= 11 is 7.23. The zero-order chi connectivity index (χ0) is 25.1. The second-order valence-corrected chi connectivity index (χ2v) is 13.8. The smallest absolute Gasteiger partial charge is 0.264 e. The first-order valence-electron chi connectivity index (χ1n) is 10.5. The van der Waals surface area contributed by atoms with Crippen LogP contribution in [-0.2, 0) is 24.7 Å². The number of sulfonamides is 1. The van der Waals surface area contributed by atoms with Gasteiger partial charge in [0.15, 0.2) is 0 Å². The Hall–Kier alpha value is -1.99. The highest BCUT2D eigenvalue weighted by atomic mass is 35.5. The number of carbonyl (C=O) groups excluding carboxylic acids is 2. The van der Waals surface area contributed by atoms with Crippen LogP contribution in [0.2, 0.25) is 5.02 Å². The summed E-state index contributed by atoms with van der Waals surface area (Å²) in [6.45, 7) is 2.94. The standard InChI is InChI=1S/C21H26ClN3O6S3/c1-15-3-8-19(32-15)21(27)25-12-10-24(11-13-25)20(26)18(9-14-33(2,28)29)23-34(30,31)17-6-4-16(22)5-7-17/h3-8,18,23H,9-14H2,1-2H3. The number of benzene rings is 1. The lowest BCUT2D eigenvalue weighted by atomic mass is 10.2. The van der Waals surface area contributed by atoms with Crippen molar-refractivity contribution < 1.29 is 26.4 Å². The number of carbonyl (C=O) groups is 2. The van der Waals surface area contributed by atoms with Gasteiger partial charge in [-0.1, -0.05) is 11.6 Å². The van der Waals surface area contributed by atoms with E-state index in [0.29, 0.717) is 23.0 Å². The average Bonchev–Trinajstić information content (AvgIpc) is 3.21. The molecule has 2 aromatic rings. The van der Waals surface area contributed by atoms with Gasteiger partial charge in [-0.3, -0.25) is 9.59 Å². The maximum atomic E-state index is 13.2. The SMILES string of the molecule is Cc1ccc(C(=O)N2CCN(C(=O)C(CCS(C)(=O)=O)NS(=O)(=O)c3ccc(Cl)cc3)CC2)s1. The maximum absolute atomic E-state index is 13.2. The van der Waals surface area contributed by atoms with Crippen LogP contribution in [0.4, 0.5) is 0 Å². The molecule has 1 N–H and O–H groups in total. The molecule has 13 heteroatoms. The fourth-order valence-corrected chi connectivity index (χ4v) is 6.34. The molecule has 2 amide bonds. The van der Waals surface area contributed by atoms with Crippen LogP contribution in [0.15, 0.2) is 41.3 Å². The molecule has 0 spiro atoms. The van der Waals surface area contributed by atoms with Gasteiger partial charge in [-0.2, -0.15) is 4.72 Å². The summed E-state index contributed by atoms with van der Waals surface area (Å²) in [5.41, 5.74) is 0. The lowest BCUT2D eigenvalue weighted by Crippen LogP contribution is -2.56. The molecule has 1 aromatic carbocycles. The van der Waals surface area contributed by atoms with Crippen molar-refractivity contribution in [1.29, 1.82) is 0 Å². The van der Waals surface area contributed by atoms with E-state index in [-0.39, 0.29) is 36.1 Å². The molecule has 0 aliphatic carbocycles. The Morgan fingerprint density at radius 2 is 1.59 bits per heavy atom. The summed E-state index contributed by atoms with van der Waals surface area (Å²) in [7, 11) is -7.53. The number of piperazine rings is 1. The van der Waals surface area contributed by atoms with E-state index < -0.39 is 31.8 Å². The minimum atomic E-state index is -4.10. The van der Waals surface area contributed by atoms with Gasteiger partial charge in [0, 0.05) is 42.3 Å². The van der Waals surface area contributed by atoms with Gasteiger partial charge in [0.2, 0.25) is 15.9 Å². The Labute approximate surface area is 208 Å². The lowest BCUT2D eigenvalue weighted by Gasteiger charge is -2.36. The Morgan fingerprint density at radius 1 is 1.00 bits per heavy atom. The summed E-state index contributed by atoms with van der Waals surface area (Å²) in [4.78, 5) is 30.6. The van der Waals surface area contributed by atoms with Gasteiger partial charge in [-0.15, -0.1) is 11.3 Å². The first-order valence-corrected chi connectivity index (χ1v) is 15.2. The number of nitrogens with one attached hydrogen (secondary N) is 1. The molecule has 1 atom stereocenters. The largest absolute Gasteiger partial charge is 0.338 e. The zero-order valence-electron chi connectivity index (χ0n) is 18.7. The van der Waals surface area contributed by atoms with Crippen molar-refractivity contribution in [2.75, 3.05) is 38.2 Å². The molecule has 34 heavy (non-hydrogen) atoms. The highest BCUT2D eigenvalue weighted by Gasteiger charge is 2.33. The van der Waals surface area contributed by atoms with Crippen LogP contribution >= 0.6 is 22.9 Å². The number of nitrogens with zero attached hydrogens (tertiary/aromatic N) is 2. The van der Waals surface area contributed by atoms with Crippen LogP contribution in [-0.4, -0.2) is 82.7 Å². The van der Waals surface area contributed by atoms with Crippen molar-refractivity contribution in [1.82, 2.24) is 14.5 Å². The molecule has 1 fully saturated rings. The summed E-state index contributed by atoms with van der Waals surface area (Å²) in [6.07, 6.45) is 0.816. The van der Waals surface area contributed by atoms with Crippen molar-refractivity contribution in [3.05, 3.63) is 51.2 Å². The number of sulfone groups is 1. The average molecular weight is 548 g/mol. The molecule has 1 aromatic heterocycles. The first kappa shape index (κ1) is 26.6. The number of rotatable bonds is 8. The van der Waals surface area contributed by atoms with Gasteiger partial charge in [-0.25, -0.2) is 16.8 Å². The fraction of sp³-hybridized carbons (Fsp3) is 0.429. The van der Waals surface area contributed by atoms with Gasteiger partial charge in [0.25, 0.3) is 5.91 Å². The van der Waals surface area contributed by atoms with E-state index in [0.717, 1.165) is 11.1 Å². The van der Waals surface area contributed by atoms with Gasteiger partial charge in [0.05, 0.1) is 15.5 Å². The van der Waals surface area contributed by atoms with Crippen LogP contribution in [0.5, 0.6) is 0 Å². The number of hydrogen-bond acceptors (Lipinski definition) is 7. The second kappa shape index (κ2) is 10.7. The molecule has 1 unspecified atom stereocenters. The zero-order valence-corrected chi connectivity index (χ0v) is 21.9. The molecule has 186 valence electrons. The van der Waals surface area contributed by atoms with E-state index in [1.54, 1.807) is 11.0 Å². The van der Waals surface area contributed by atoms with Crippen molar-refractivity contribution in [2.45, 2.75) is 24.3 Å². The first-order chi connectivity index (χ1) is 15.9. The minimum Gasteiger partial charge on any atom is -0.338 e. The number of hydrogen-bond donors (Lipinski definition) is 1. The topological polar surface area (TPSA) is 121 Å². The van der Waals surface area contributed by atoms with E-state index in [9.17, 15) is 26.4 Å². The predicted molar refractivity (Wildman–Crippen MR) is 131 cm³/mol. The van der Waals surface area contributed by atoms with E-state index in [4.69, 9.17) is 11.6 Å². The van der Waals surface area contributed by atoms with Crippen LogP contribution in [0, 0.1) is 6.92 Å². The van der Waals surface area contributed by atoms with Gasteiger partial charge in [0.1, 0.15) is 15.9 Å². The number of thiophene rings is 1.